The third kappa shape index (κ3) is 3.42. The summed E-state index contributed by atoms with van der Waals surface area (Å²) >= 11 is 0. The van der Waals surface area contributed by atoms with Crippen molar-refractivity contribution < 1.29 is 8.42 Å². The van der Waals surface area contributed by atoms with Gasteiger partial charge in [0, 0.05) is 12.6 Å². The van der Waals surface area contributed by atoms with Gasteiger partial charge in [-0.1, -0.05) is 13.3 Å². The maximum Gasteiger partial charge on any atom is 0.243 e. The van der Waals surface area contributed by atoms with Gasteiger partial charge in [0.1, 0.15) is 4.90 Å². The number of rotatable bonds is 5. The zero-order valence-electron chi connectivity index (χ0n) is 11.3. The molecule has 1 aromatic rings. The minimum Gasteiger partial charge on any atom is -0.355 e. The molecular weight excluding hydrogens is 264 g/mol. The van der Waals surface area contributed by atoms with Gasteiger partial charge in [-0.25, -0.2) is 23.1 Å². The molecule has 1 heterocycles. The summed E-state index contributed by atoms with van der Waals surface area (Å²) in [6.45, 7) is 4.70. The van der Waals surface area contributed by atoms with Gasteiger partial charge in [-0.2, -0.15) is 0 Å². The van der Waals surface area contributed by atoms with Crippen LogP contribution in [0, 0.1) is 5.92 Å². The summed E-state index contributed by atoms with van der Waals surface area (Å²) in [7, 11) is -3.51. The van der Waals surface area contributed by atoms with Crippen LogP contribution in [-0.2, 0) is 10.0 Å². The van der Waals surface area contributed by atoms with E-state index in [0.29, 0.717) is 18.4 Å². The smallest absolute Gasteiger partial charge is 0.243 e. The Labute approximate surface area is 114 Å². The molecule has 1 aliphatic carbocycles. The third-order valence-corrected chi connectivity index (χ3v) is 4.89. The Kier molecular flexibility index (Phi) is 4.36. The molecule has 0 saturated heterocycles. The predicted molar refractivity (Wildman–Crippen MR) is 73.3 cm³/mol. The summed E-state index contributed by atoms with van der Waals surface area (Å²) in [5, 5.41) is 2.93. The van der Waals surface area contributed by atoms with Crippen LogP contribution in [0.5, 0.6) is 0 Å². The molecule has 7 heteroatoms. The average molecular weight is 284 g/mol. The molecule has 2 unspecified atom stereocenters. The standard InChI is InChI=1S/C12H20N4O2S/c1-3-13-12-14-7-10(8-15-12)19(17,18)16-11-6-4-5-9(11)2/h7-9,11,16H,3-6H2,1-2H3,(H,13,14,15). The van der Waals surface area contributed by atoms with Gasteiger partial charge >= 0.3 is 0 Å². The van der Waals surface area contributed by atoms with Crippen LogP contribution in [0.4, 0.5) is 5.95 Å². The molecule has 6 nitrogen and oxygen atoms in total. The SMILES string of the molecule is CCNc1ncc(S(=O)(=O)NC2CCCC2C)cn1. The van der Waals surface area contributed by atoms with Crippen LogP contribution in [0.25, 0.3) is 0 Å². The lowest BCUT2D eigenvalue weighted by Crippen LogP contribution is -2.36. The van der Waals surface area contributed by atoms with E-state index in [0.717, 1.165) is 19.3 Å². The van der Waals surface area contributed by atoms with Crippen molar-refractivity contribution in [2.75, 3.05) is 11.9 Å². The topological polar surface area (TPSA) is 84.0 Å². The van der Waals surface area contributed by atoms with Crippen molar-refractivity contribution in [2.45, 2.75) is 44.0 Å². The molecule has 0 bridgehead atoms. The Balaban J connectivity index is 2.10. The van der Waals surface area contributed by atoms with E-state index in [4.69, 9.17) is 0 Å². The quantitative estimate of drug-likeness (QED) is 0.853. The summed E-state index contributed by atoms with van der Waals surface area (Å²) in [5.74, 6) is 0.826. The molecule has 2 N–H and O–H groups in total. The third-order valence-electron chi connectivity index (χ3n) is 3.44. The number of nitrogens with one attached hydrogen (secondary N) is 2. The maximum absolute atomic E-state index is 12.2. The summed E-state index contributed by atoms with van der Waals surface area (Å²) in [6.07, 6.45) is 5.73. The lowest BCUT2D eigenvalue weighted by molar-refractivity contribution is 0.476. The predicted octanol–water partition coefficient (Wildman–Crippen LogP) is 1.38. The van der Waals surface area contributed by atoms with E-state index in [1.807, 2.05) is 6.92 Å². The van der Waals surface area contributed by atoms with Gasteiger partial charge in [0.05, 0.1) is 12.4 Å². The fourth-order valence-corrected chi connectivity index (χ4v) is 3.56. The van der Waals surface area contributed by atoms with Crippen LogP contribution in [-0.4, -0.2) is 31.0 Å². The van der Waals surface area contributed by atoms with Gasteiger partial charge in [0.2, 0.25) is 16.0 Å². The van der Waals surface area contributed by atoms with Crippen LogP contribution < -0.4 is 10.0 Å². The van der Waals surface area contributed by atoms with E-state index in [2.05, 4.69) is 26.9 Å². The van der Waals surface area contributed by atoms with E-state index < -0.39 is 10.0 Å². The molecule has 0 aromatic carbocycles. The minimum absolute atomic E-state index is 0.0263. The first kappa shape index (κ1) is 14.2. The van der Waals surface area contributed by atoms with Gasteiger partial charge < -0.3 is 5.32 Å². The monoisotopic (exact) mass is 284 g/mol. The van der Waals surface area contributed by atoms with Crippen LogP contribution in [0.1, 0.15) is 33.1 Å². The lowest BCUT2D eigenvalue weighted by atomic mass is 10.1. The van der Waals surface area contributed by atoms with Gasteiger partial charge in [0.15, 0.2) is 0 Å². The number of aromatic nitrogens is 2. The molecule has 2 atom stereocenters. The molecular formula is C12H20N4O2S. The van der Waals surface area contributed by atoms with Crippen LogP contribution in [0.3, 0.4) is 0 Å². The molecule has 2 rings (SSSR count). The van der Waals surface area contributed by atoms with Crippen molar-refractivity contribution in [3.05, 3.63) is 12.4 Å². The van der Waals surface area contributed by atoms with Crippen LogP contribution in [0.15, 0.2) is 17.3 Å². The highest BCUT2D eigenvalue weighted by Gasteiger charge is 2.28. The lowest BCUT2D eigenvalue weighted by Gasteiger charge is -2.17. The van der Waals surface area contributed by atoms with Crippen molar-refractivity contribution in [1.82, 2.24) is 14.7 Å². The largest absolute Gasteiger partial charge is 0.355 e. The average Bonchev–Trinajstić information content (AvgIpc) is 2.75. The van der Waals surface area contributed by atoms with E-state index in [-0.39, 0.29) is 10.9 Å². The molecule has 106 valence electrons. The molecule has 0 amide bonds. The first-order valence-electron chi connectivity index (χ1n) is 6.61. The fraction of sp³-hybridized carbons (Fsp3) is 0.667. The summed E-state index contributed by atoms with van der Waals surface area (Å²) in [5.41, 5.74) is 0. The number of hydrogen-bond donors (Lipinski definition) is 2. The second kappa shape index (κ2) is 5.83. The molecule has 0 spiro atoms. The van der Waals surface area contributed by atoms with Crippen molar-refractivity contribution in [3.8, 4) is 0 Å². The highest BCUT2D eigenvalue weighted by molar-refractivity contribution is 7.89. The Morgan fingerprint density at radius 2 is 2.00 bits per heavy atom. The summed E-state index contributed by atoms with van der Waals surface area (Å²) in [4.78, 5) is 8.09. The zero-order chi connectivity index (χ0) is 13.9. The van der Waals surface area contributed by atoms with E-state index in [1.54, 1.807) is 0 Å². The van der Waals surface area contributed by atoms with Crippen molar-refractivity contribution in [3.63, 3.8) is 0 Å². The molecule has 1 saturated carbocycles. The van der Waals surface area contributed by atoms with Gasteiger partial charge in [-0.05, 0) is 25.7 Å². The zero-order valence-corrected chi connectivity index (χ0v) is 12.1. The molecule has 19 heavy (non-hydrogen) atoms. The highest BCUT2D eigenvalue weighted by Crippen LogP contribution is 2.26. The van der Waals surface area contributed by atoms with Gasteiger partial charge in [0.25, 0.3) is 0 Å². The Bertz CT molecular complexity index is 515. The van der Waals surface area contributed by atoms with Crippen molar-refractivity contribution in [1.29, 1.82) is 0 Å². The number of hydrogen-bond acceptors (Lipinski definition) is 5. The van der Waals surface area contributed by atoms with E-state index >= 15 is 0 Å². The Morgan fingerprint density at radius 1 is 1.32 bits per heavy atom. The van der Waals surface area contributed by atoms with Crippen molar-refractivity contribution >= 4 is 16.0 Å². The Morgan fingerprint density at radius 3 is 2.53 bits per heavy atom. The molecule has 0 aliphatic heterocycles. The second-order valence-electron chi connectivity index (χ2n) is 4.91. The number of nitrogens with zero attached hydrogens (tertiary/aromatic N) is 2. The second-order valence-corrected chi connectivity index (χ2v) is 6.62. The number of anilines is 1. The van der Waals surface area contributed by atoms with E-state index in [9.17, 15) is 8.42 Å². The summed E-state index contributed by atoms with van der Waals surface area (Å²) < 4.78 is 27.1. The highest BCUT2D eigenvalue weighted by atomic mass is 32.2. The minimum atomic E-state index is -3.51. The first-order valence-corrected chi connectivity index (χ1v) is 8.09. The van der Waals surface area contributed by atoms with Gasteiger partial charge in [-0.3, -0.25) is 0 Å². The molecule has 1 fully saturated rings. The maximum atomic E-state index is 12.2. The van der Waals surface area contributed by atoms with Crippen LogP contribution >= 0.6 is 0 Å². The fourth-order valence-electron chi connectivity index (χ4n) is 2.29. The van der Waals surface area contributed by atoms with Crippen molar-refractivity contribution in [2.24, 2.45) is 5.92 Å². The van der Waals surface area contributed by atoms with E-state index in [1.165, 1.54) is 12.4 Å². The Hall–Kier alpha value is -1.21. The summed E-state index contributed by atoms with van der Waals surface area (Å²) in [6, 6.07) is 0.0263. The molecule has 1 aromatic heterocycles. The van der Waals surface area contributed by atoms with Gasteiger partial charge in [-0.15, -0.1) is 0 Å². The molecule has 1 aliphatic rings. The normalized spacial score (nSPS) is 23.5. The van der Waals surface area contributed by atoms with Crippen LogP contribution in [0.2, 0.25) is 0 Å². The number of sulfonamides is 1. The molecule has 0 radical (unpaired) electrons. The first-order chi connectivity index (χ1) is 9.03.